The van der Waals surface area contributed by atoms with E-state index in [2.05, 4.69) is 0 Å². The molecule has 0 bridgehead atoms. The zero-order valence-electron chi connectivity index (χ0n) is 10.3. The summed E-state index contributed by atoms with van der Waals surface area (Å²) < 4.78 is 5.58. The molecule has 1 fully saturated rings. The highest BCUT2D eigenvalue weighted by atomic mass is 16.5. The lowest BCUT2D eigenvalue weighted by atomic mass is 9.99. The predicted octanol–water partition coefficient (Wildman–Crippen LogP) is 1.11. The minimum atomic E-state index is -0.145. The molecule has 1 saturated heterocycles. The first-order valence-corrected chi connectivity index (χ1v) is 6.53. The molecular formula is C14H18N2O2. The molecule has 0 unspecified atom stereocenters. The Balaban J connectivity index is 1.82. The maximum Gasteiger partial charge on any atom is 0.234 e. The number of nitrogens with zero attached hydrogens (tertiary/aromatic N) is 1. The van der Waals surface area contributed by atoms with Gasteiger partial charge in [-0.25, -0.2) is 0 Å². The molecule has 0 radical (unpaired) electrons. The van der Waals surface area contributed by atoms with Crippen molar-refractivity contribution in [2.24, 2.45) is 5.73 Å². The van der Waals surface area contributed by atoms with Crippen molar-refractivity contribution in [3.63, 3.8) is 0 Å². The second-order valence-corrected chi connectivity index (χ2v) is 4.96. The standard InChI is InChI=1S/C14H18N2O2/c15-8-10-4-3-7-16(10)14(17)12-9-18-13-6-2-1-5-11(12)13/h1-2,5-6,10,12H,3-4,7-9,15H2/t10-,12+/m1/s1. The lowest BCUT2D eigenvalue weighted by Gasteiger charge is -2.26. The van der Waals surface area contributed by atoms with Gasteiger partial charge in [0.05, 0.1) is 0 Å². The van der Waals surface area contributed by atoms with E-state index in [1.807, 2.05) is 29.2 Å². The first-order chi connectivity index (χ1) is 8.81. The Hall–Kier alpha value is -1.55. The van der Waals surface area contributed by atoms with Crippen molar-refractivity contribution in [2.75, 3.05) is 19.7 Å². The van der Waals surface area contributed by atoms with Gasteiger partial charge in [0.25, 0.3) is 0 Å². The molecule has 1 amide bonds. The largest absolute Gasteiger partial charge is 0.492 e. The summed E-state index contributed by atoms with van der Waals surface area (Å²) in [6.45, 7) is 1.85. The van der Waals surface area contributed by atoms with Crippen molar-refractivity contribution >= 4 is 5.91 Å². The van der Waals surface area contributed by atoms with Crippen LogP contribution in [-0.2, 0) is 4.79 Å². The topological polar surface area (TPSA) is 55.6 Å². The lowest BCUT2D eigenvalue weighted by Crippen LogP contribution is -2.42. The van der Waals surface area contributed by atoms with Crippen LogP contribution in [-0.4, -0.2) is 36.5 Å². The molecule has 0 aliphatic carbocycles. The van der Waals surface area contributed by atoms with Crippen LogP contribution >= 0.6 is 0 Å². The summed E-state index contributed by atoms with van der Waals surface area (Å²) in [7, 11) is 0. The number of amides is 1. The number of carbonyl (C=O) groups excluding carboxylic acids is 1. The molecule has 0 aromatic heterocycles. The average molecular weight is 246 g/mol. The van der Waals surface area contributed by atoms with Gasteiger partial charge in [-0.15, -0.1) is 0 Å². The fourth-order valence-corrected chi connectivity index (χ4v) is 2.94. The van der Waals surface area contributed by atoms with Crippen LogP contribution in [0.25, 0.3) is 0 Å². The van der Waals surface area contributed by atoms with Crippen molar-refractivity contribution in [1.29, 1.82) is 0 Å². The number of carbonyl (C=O) groups is 1. The molecule has 2 heterocycles. The van der Waals surface area contributed by atoms with Crippen LogP contribution in [0.1, 0.15) is 24.3 Å². The number of rotatable bonds is 2. The van der Waals surface area contributed by atoms with E-state index < -0.39 is 0 Å². The number of fused-ring (bicyclic) bond motifs is 1. The molecule has 0 spiro atoms. The van der Waals surface area contributed by atoms with Gasteiger partial charge in [-0.3, -0.25) is 4.79 Å². The zero-order valence-corrected chi connectivity index (χ0v) is 10.3. The Kier molecular flexibility index (Phi) is 2.96. The molecule has 2 aliphatic heterocycles. The summed E-state index contributed by atoms with van der Waals surface area (Å²) in [4.78, 5) is 14.5. The number of para-hydroxylation sites is 1. The van der Waals surface area contributed by atoms with Crippen LogP contribution < -0.4 is 10.5 Å². The fraction of sp³-hybridized carbons (Fsp3) is 0.500. The van der Waals surface area contributed by atoms with E-state index in [0.29, 0.717) is 13.2 Å². The van der Waals surface area contributed by atoms with Crippen molar-refractivity contribution in [2.45, 2.75) is 24.8 Å². The van der Waals surface area contributed by atoms with E-state index in [1.165, 1.54) is 0 Å². The molecular weight excluding hydrogens is 228 g/mol. The van der Waals surface area contributed by atoms with Crippen LogP contribution in [0.2, 0.25) is 0 Å². The minimum absolute atomic E-state index is 0.145. The normalized spacial score (nSPS) is 25.9. The maximum atomic E-state index is 12.6. The quantitative estimate of drug-likeness (QED) is 0.850. The van der Waals surface area contributed by atoms with E-state index in [0.717, 1.165) is 30.7 Å². The number of hydrogen-bond donors (Lipinski definition) is 1. The highest BCUT2D eigenvalue weighted by Gasteiger charge is 2.37. The molecule has 4 heteroatoms. The Morgan fingerprint density at radius 1 is 1.44 bits per heavy atom. The highest BCUT2D eigenvalue weighted by molar-refractivity contribution is 5.86. The monoisotopic (exact) mass is 246 g/mol. The summed E-state index contributed by atoms with van der Waals surface area (Å²) in [5, 5.41) is 0. The molecule has 1 aromatic carbocycles. The van der Waals surface area contributed by atoms with Gasteiger partial charge >= 0.3 is 0 Å². The van der Waals surface area contributed by atoms with Crippen molar-refractivity contribution in [1.82, 2.24) is 4.90 Å². The molecule has 18 heavy (non-hydrogen) atoms. The van der Waals surface area contributed by atoms with Crippen molar-refractivity contribution in [3.8, 4) is 5.75 Å². The van der Waals surface area contributed by atoms with Crippen LogP contribution in [0.4, 0.5) is 0 Å². The Labute approximate surface area is 107 Å². The van der Waals surface area contributed by atoms with Crippen LogP contribution in [0.3, 0.4) is 0 Å². The Morgan fingerprint density at radius 3 is 3.11 bits per heavy atom. The van der Waals surface area contributed by atoms with Crippen LogP contribution in [0.15, 0.2) is 24.3 Å². The summed E-state index contributed by atoms with van der Waals surface area (Å²) in [6.07, 6.45) is 2.08. The van der Waals surface area contributed by atoms with E-state index in [9.17, 15) is 4.79 Å². The lowest BCUT2D eigenvalue weighted by molar-refractivity contribution is -0.133. The summed E-state index contributed by atoms with van der Waals surface area (Å²) in [5.41, 5.74) is 6.75. The molecule has 96 valence electrons. The number of hydrogen-bond acceptors (Lipinski definition) is 3. The number of nitrogens with two attached hydrogens (primary N) is 1. The maximum absolute atomic E-state index is 12.6. The Morgan fingerprint density at radius 2 is 2.28 bits per heavy atom. The summed E-state index contributed by atoms with van der Waals surface area (Å²) in [5.74, 6) is 0.876. The first kappa shape index (κ1) is 11.5. The van der Waals surface area contributed by atoms with E-state index >= 15 is 0 Å². The third kappa shape index (κ3) is 1.77. The summed E-state index contributed by atoms with van der Waals surface area (Å²) in [6, 6.07) is 8.01. The number of ether oxygens (including phenoxy) is 1. The summed E-state index contributed by atoms with van der Waals surface area (Å²) >= 11 is 0. The van der Waals surface area contributed by atoms with Gasteiger partial charge in [0.1, 0.15) is 18.3 Å². The number of likely N-dealkylation sites (tertiary alicyclic amines) is 1. The SMILES string of the molecule is NC[C@H]1CCCN1C(=O)[C@H]1COc2ccccc21. The molecule has 4 nitrogen and oxygen atoms in total. The van der Waals surface area contributed by atoms with E-state index in [4.69, 9.17) is 10.5 Å². The van der Waals surface area contributed by atoms with Gasteiger partial charge in [0, 0.05) is 24.7 Å². The minimum Gasteiger partial charge on any atom is -0.492 e. The smallest absolute Gasteiger partial charge is 0.234 e. The molecule has 2 atom stereocenters. The Bertz CT molecular complexity index is 461. The fourth-order valence-electron chi connectivity index (χ4n) is 2.94. The third-order valence-electron chi connectivity index (χ3n) is 3.93. The molecule has 1 aromatic rings. The number of benzene rings is 1. The average Bonchev–Trinajstić information content (AvgIpc) is 3.04. The highest BCUT2D eigenvalue weighted by Crippen LogP contribution is 2.35. The second kappa shape index (κ2) is 4.61. The molecule has 3 rings (SSSR count). The van der Waals surface area contributed by atoms with Gasteiger partial charge in [0.2, 0.25) is 5.91 Å². The third-order valence-corrected chi connectivity index (χ3v) is 3.93. The molecule has 2 N–H and O–H groups in total. The van der Waals surface area contributed by atoms with Crippen LogP contribution in [0.5, 0.6) is 5.75 Å². The van der Waals surface area contributed by atoms with Gasteiger partial charge in [-0.2, -0.15) is 0 Å². The van der Waals surface area contributed by atoms with E-state index in [1.54, 1.807) is 0 Å². The van der Waals surface area contributed by atoms with Crippen molar-refractivity contribution in [3.05, 3.63) is 29.8 Å². The van der Waals surface area contributed by atoms with Gasteiger partial charge in [0.15, 0.2) is 0 Å². The second-order valence-electron chi connectivity index (χ2n) is 4.96. The molecule has 2 aliphatic rings. The predicted molar refractivity (Wildman–Crippen MR) is 68.5 cm³/mol. The van der Waals surface area contributed by atoms with Gasteiger partial charge < -0.3 is 15.4 Å². The first-order valence-electron chi connectivity index (χ1n) is 6.53. The van der Waals surface area contributed by atoms with Crippen LogP contribution in [0, 0.1) is 0 Å². The van der Waals surface area contributed by atoms with Gasteiger partial charge in [-0.1, -0.05) is 18.2 Å². The van der Waals surface area contributed by atoms with Gasteiger partial charge in [-0.05, 0) is 18.9 Å². The van der Waals surface area contributed by atoms with Crippen molar-refractivity contribution < 1.29 is 9.53 Å². The zero-order chi connectivity index (χ0) is 12.5. The molecule has 0 saturated carbocycles. The van der Waals surface area contributed by atoms with E-state index in [-0.39, 0.29) is 17.9 Å².